The third-order valence-electron chi connectivity index (χ3n) is 12.6. The molecule has 0 N–H and O–H groups in total. The van der Waals surface area contributed by atoms with Crippen LogP contribution in [0.4, 0.5) is 0 Å². The van der Waals surface area contributed by atoms with Crippen molar-refractivity contribution in [3.8, 4) is 56.0 Å². The molecule has 0 atom stereocenters. The van der Waals surface area contributed by atoms with E-state index >= 15 is 0 Å². The predicted octanol–water partition coefficient (Wildman–Crippen LogP) is 15.9. The number of para-hydroxylation sites is 2. The number of aromatic nitrogens is 3. The summed E-state index contributed by atoms with van der Waals surface area (Å²) in [5.74, 6) is 0. The summed E-state index contributed by atoms with van der Waals surface area (Å²) in [6.45, 7) is 0. The van der Waals surface area contributed by atoms with Gasteiger partial charge in [-0.3, -0.25) is 0 Å². The molecular weight excluding hydrogens is 767 g/mol. The second-order valence-corrected chi connectivity index (χ2v) is 16.2. The van der Waals surface area contributed by atoms with Gasteiger partial charge in [-0.25, -0.2) is 15.0 Å². The normalized spacial score (nSPS) is 11.8. The standard InChI is InChI=1S/C59H35N3O/c1-3-14-36(15-4-1)49-32-28-38-26-27-39-29-33-51(62-59(39)58(38)60-49)45-31-30-42(43-20-7-8-21-44(43)45)40-18-13-19-41(34-40)57-48-35-53-56(47-23-10-12-25-52(47)63-53)54(37-16-5-2-6-17-37)55(48)46-22-9-11-24-50(46)61-57/h1-35H. The SMILES string of the molecule is c1ccc(-c2ccc3ccc4ccc(-c5ccc(-c6cccc(-c7nc8ccccc8c8c(-c9ccccc9)c9c(cc78)oc7ccccc79)c6)c6ccccc56)nc4c3n2)cc1. The van der Waals surface area contributed by atoms with Crippen LogP contribution in [0.15, 0.2) is 217 Å². The fourth-order valence-electron chi connectivity index (χ4n) is 9.73. The van der Waals surface area contributed by atoms with E-state index < -0.39 is 0 Å². The third-order valence-corrected chi connectivity index (χ3v) is 12.6. The van der Waals surface area contributed by atoms with Crippen molar-refractivity contribution in [3.05, 3.63) is 212 Å². The van der Waals surface area contributed by atoms with Crippen LogP contribution >= 0.6 is 0 Å². The fourth-order valence-corrected chi connectivity index (χ4v) is 9.73. The summed E-state index contributed by atoms with van der Waals surface area (Å²) in [4.78, 5) is 16.0. The van der Waals surface area contributed by atoms with Crippen molar-refractivity contribution in [1.82, 2.24) is 15.0 Å². The molecule has 0 aliphatic rings. The number of benzene rings is 9. The molecule has 0 radical (unpaired) electrons. The van der Waals surface area contributed by atoms with Crippen LogP contribution in [0.25, 0.3) is 132 Å². The first-order valence-corrected chi connectivity index (χ1v) is 21.3. The third kappa shape index (κ3) is 5.66. The number of furan rings is 1. The maximum absolute atomic E-state index is 6.65. The lowest BCUT2D eigenvalue weighted by Crippen LogP contribution is -1.94. The van der Waals surface area contributed by atoms with E-state index in [1.807, 2.05) is 12.1 Å². The van der Waals surface area contributed by atoms with E-state index in [1.165, 1.54) is 5.39 Å². The van der Waals surface area contributed by atoms with Crippen LogP contribution < -0.4 is 0 Å². The molecular formula is C59H35N3O. The average molecular weight is 802 g/mol. The largest absolute Gasteiger partial charge is 0.456 e. The zero-order valence-corrected chi connectivity index (χ0v) is 34.0. The number of rotatable bonds is 5. The van der Waals surface area contributed by atoms with Gasteiger partial charge < -0.3 is 4.42 Å². The molecule has 0 amide bonds. The Labute approximate surface area is 362 Å². The summed E-state index contributed by atoms with van der Waals surface area (Å²) >= 11 is 0. The molecule has 0 aliphatic carbocycles. The first-order chi connectivity index (χ1) is 31.2. The first-order valence-electron chi connectivity index (χ1n) is 21.3. The summed E-state index contributed by atoms with van der Waals surface area (Å²) in [7, 11) is 0. The fraction of sp³-hybridized carbons (Fsp3) is 0. The van der Waals surface area contributed by atoms with Gasteiger partial charge in [-0.15, -0.1) is 0 Å². The van der Waals surface area contributed by atoms with E-state index in [1.54, 1.807) is 0 Å². The summed E-state index contributed by atoms with van der Waals surface area (Å²) < 4.78 is 6.65. The Hall–Kier alpha value is -8.47. The van der Waals surface area contributed by atoms with Gasteiger partial charge in [0.2, 0.25) is 0 Å². The summed E-state index contributed by atoms with van der Waals surface area (Å²) in [5.41, 5.74) is 15.0. The van der Waals surface area contributed by atoms with Crippen molar-refractivity contribution in [1.29, 1.82) is 0 Å². The highest BCUT2D eigenvalue weighted by Crippen LogP contribution is 2.47. The van der Waals surface area contributed by atoms with Gasteiger partial charge in [0, 0.05) is 60.0 Å². The minimum absolute atomic E-state index is 0.848. The molecule has 0 spiro atoms. The highest BCUT2D eigenvalue weighted by Gasteiger charge is 2.22. The molecule has 0 saturated heterocycles. The maximum Gasteiger partial charge on any atom is 0.136 e. The zero-order chi connectivity index (χ0) is 41.4. The molecule has 9 aromatic carbocycles. The molecule has 4 heteroatoms. The highest BCUT2D eigenvalue weighted by atomic mass is 16.3. The lowest BCUT2D eigenvalue weighted by molar-refractivity contribution is 0.669. The van der Waals surface area contributed by atoms with E-state index in [9.17, 15) is 0 Å². The van der Waals surface area contributed by atoms with Crippen LogP contribution in [-0.2, 0) is 0 Å². The molecule has 0 saturated carbocycles. The molecule has 0 bridgehead atoms. The second kappa shape index (κ2) is 14.1. The topological polar surface area (TPSA) is 51.8 Å². The smallest absolute Gasteiger partial charge is 0.136 e. The molecule has 4 heterocycles. The Morgan fingerprint density at radius 1 is 0.317 bits per heavy atom. The lowest BCUT2D eigenvalue weighted by atomic mass is 9.89. The van der Waals surface area contributed by atoms with Crippen LogP contribution in [0.2, 0.25) is 0 Å². The van der Waals surface area contributed by atoms with E-state index in [0.717, 1.165) is 127 Å². The Morgan fingerprint density at radius 3 is 1.67 bits per heavy atom. The van der Waals surface area contributed by atoms with Gasteiger partial charge in [-0.1, -0.05) is 176 Å². The van der Waals surface area contributed by atoms with Crippen molar-refractivity contribution in [2.24, 2.45) is 0 Å². The van der Waals surface area contributed by atoms with Crippen molar-refractivity contribution >= 4 is 76.2 Å². The number of pyridine rings is 3. The quantitative estimate of drug-likeness (QED) is 0.163. The maximum atomic E-state index is 6.65. The molecule has 63 heavy (non-hydrogen) atoms. The van der Waals surface area contributed by atoms with Crippen molar-refractivity contribution in [2.45, 2.75) is 0 Å². The Balaban J connectivity index is 0.992. The molecule has 292 valence electrons. The Kier molecular flexibility index (Phi) is 7.87. The number of hydrogen-bond acceptors (Lipinski definition) is 4. The van der Waals surface area contributed by atoms with Crippen LogP contribution in [-0.4, -0.2) is 15.0 Å². The summed E-state index contributed by atoms with van der Waals surface area (Å²) in [6, 6.07) is 74.9. The molecule has 4 nitrogen and oxygen atoms in total. The Morgan fingerprint density at radius 2 is 0.889 bits per heavy atom. The minimum Gasteiger partial charge on any atom is -0.456 e. The van der Waals surface area contributed by atoms with E-state index in [0.29, 0.717) is 0 Å². The first kappa shape index (κ1) is 35.3. The van der Waals surface area contributed by atoms with Gasteiger partial charge in [0.05, 0.1) is 33.6 Å². The molecule has 0 unspecified atom stereocenters. The van der Waals surface area contributed by atoms with Crippen LogP contribution in [0.5, 0.6) is 0 Å². The zero-order valence-electron chi connectivity index (χ0n) is 34.0. The van der Waals surface area contributed by atoms with Gasteiger partial charge in [-0.2, -0.15) is 0 Å². The van der Waals surface area contributed by atoms with Crippen molar-refractivity contribution < 1.29 is 4.42 Å². The Bertz CT molecular complexity index is 3970. The molecule has 0 fully saturated rings. The van der Waals surface area contributed by atoms with Gasteiger partial charge in [-0.05, 0) is 63.9 Å². The predicted molar refractivity (Wildman–Crippen MR) is 262 cm³/mol. The van der Waals surface area contributed by atoms with Gasteiger partial charge >= 0.3 is 0 Å². The molecule has 4 aromatic heterocycles. The van der Waals surface area contributed by atoms with Crippen LogP contribution in [0, 0.1) is 0 Å². The molecule has 13 rings (SSSR count). The lowest BCUT2D eigenvalue weighted by Gasteiger charge is -2.16. The second-order valence-electron chi connectivity index (χ2n) is 16.2. The van der Waals surface area contributed by atoms with Gasteiger partial charge in [0.1, 0.15) is 11.2 Å². The van der Waals surface area contributed by atoms with E-state index in [4.69, 9.17) is 19.4 Å². The monoisotopic (exact) mass is 801 g/mol. The molecule has 0 aliphatic heterocycles. The number of fused-ring (bicyclic) bond motifs is 10. The summed E-state index contributed by atoms with van der Waals surface area (Å²) in [5, 5.41) is 9.99. The number of nitrogens with zero attached hydrogens (tertiary/aromatic N) is 3. The number of hydrogen-bond donors (Lipinski definition) is 0. The van der Waals surface area contributed by atoms with Crippen molar-refractivity contribution in [2.75, 3.05) is 0 Å². The van der Waals surface area contributed by atoms with E-state index in [-0.39, 0.29) is 0 Å². The van der Waals surface area contributed by atoms with Crippen LogP contribution in [0.3, 0.4) is 0 Å². The average Bonchev–Trinajstić information content (AvgIpc) is 3.73. The highest BCUT2D eigenvalue weighted by molar-refractivity contribution is 6.28. The molecule has 13 aromatic rings. The van der Waals surface area contributed by atoms with Crippen molar-refractivity contribution in [3.63, 3.8) is 0 Å². The van der Waals surface area contributed by atoms with Gasteiger partial charge in [0.15, 0.2) is 0 Å². The van der Waals surface area contributed by atoms with Crippen LogP contribution in [0.1, 0.15) is 0 Å². The minimum atomic E-state index is 0.848. The summed E-state index contributed by atoms with van der Waals surface area (Å²) in [6.07, 6.45) is 0. The van der Waals surface area contributed by atoms with Gasteiger partial charge in [0.25, 0.3) is 0 Å². The van der Waals surface area contributed by atoms with E-state index in [2.05, 4.69) is 200 Å².